The van der Waals surface area contributed by atoms with Crippen LogP contribution in [-0.2, 0) is 4.79 Å². The Bertz CT molecular complexity index is 1280. The summed E-state index contributed by atoms with van der Waals surface area (Å²) in [5.74, 6) is -0.575. The number of benzene rings is 2. The molecule has 0 fully saturated rings. The molecule has 1 amide bonds. The van der Waals surface area contributed by atoms with Gasteiger partial charge in [0.15, 0.2) is 5.65 Å². The molecule has 0 aliphatic rings. The molecule has 4 rings (SSSR count). The predicted octanol–water partition coefficient (Wildman–Crippen LogP) is 5.51. The van der Waals surface area contributed by atoms with Gasteiger partial charge >= 0.3 is 0 Å². The summed E-state index contributed by atoms with van der Waals surface area (Å²) < 4.78 is 15.6. The maximum Gasteiger partial charge on any atom is 0.223 e. The van der Waals surface area contributed by atoms with Gasteiger partial charge in [-0.25, -0.2) is 9.37 Å². The Hall–Kier alpha value is -3.38. The number of imidazole rings is 1. The van der Waals surface area contributed by atoms with Crippen LogP contribution in [0.15, 0.2) is 60.9 Å². The van der Waals surface area contributed by atoms with Crippen LogP contribution in [0.2, 0.25) is 5.02 Å². The molecular weight excluding hydrogens is 415 g/mol. The second-order valence-corrected chi connectivity index (χ2v) is 8.01. The Morgan fingerprint density at radius 2 is 1.68 bits per heavy atom. The SMILES string of the molecule is CC(=O)N(C)c1cc(-c2ccc(N(C)C)cc2)cn2c(-c3ccc(F)c(Cl)c3)cnc12. The number of nitrogens with zero attached hydrogens (tertiary/aromatic N) is 4. The van der Waals surface area contributed by atoms with Crippen LogP contribution >= 0.6 is 11.6 Å². The van der Waals surface area contributed by atoms with E-state index in [0.29, 0.717) is 11.3 Å². The minimum absolute atomic E-state index is 0.0453. The molecule has 0 saturated carbocycles. The molecule has 0 unspecified atom stereocenters. The van der Waals surface area contributed by atoms with E-state index in [4.69, 9.17) is 11.6 Å². The van der Waals surface area contributed by atoms with Crippen LogP contribution in [0.1, 0.15) is 6.92 Å². The molecule has 5 nitrogen and oxygen atoms in total. The van der Waals surface area contributed by atoms with E-state index >= 15 is 0 Å². The van der Waals surface area contributed by atoms with Crippen LogP contribution in [0.4, 0.5) is 15.8 Å². The second kappa shape index (κ2) is 8.04. The van der Waals surface area contributed by atoms with Crippen LogP contribution in [0.25, 0.3) is 28.0 Å². The summed E-state index contributed by atoms with van der Waals surface area (Å²) in [6, 6.07) is 14.7. The maximum absolute atomic E-state index is 13.7. The van der Waals surface area contributed by atoms with Crippen molar-refractivity contribution in [2.75, 3.05) is 30.9 Å². The van der Waals surface area contributed by atoms with Gasteiger partial charge in [0.2, 0.25) is 5.91 Å². The molecule has 4 aromatic rings. The Kier molecular flexibility index (Phi) is 5.41. The number of hydrogen-bond donors (Lipinski definition) is 0. The highest BCUT2D eigenvalue weighted by atomic mass is 35.5. The van der Waals surface area contributed by atoms with Gasteiger partial charge in [-0.15, -0.1) is 0 Å². The zero-order valence-corrected chi connectivity index (χ0v) is 18.5. The van der Waals surface area contributed by atoms with Crippen LogP contribution < -0.4 is 9.80 Å². The van der Waals surface area contributed by atoms with Gasteiger partial charge < -0.3 is 9.80 Å². The first kappa shape index (κ1) is 20.9. The van der Waals surface area contributed by atoms with Crippen LogP contribution in [0.3, 0.4) is 0 Å². The Balaban J connectivity index is 1.94. The fourth-order valence-corrected chi connectivity index (χ4v) is 3.65. The topological polar surface area (TPSA) is 40.9 Å². The van der Waals surface area contributed by atoms with Crippen LogP contribution in [0.5, 0.6) is 0 Å². The molecule has 2 aromatic carbocycles. The van der Waals surface area contributed by atoms with E-state index in [1.807, 2.05) is 59.9 Å². The zero-order valence-electron chi connectivity index (χ0n) is 17.7. The van der Waals surface area contributed by atoms with Gasteiger partial charge in [-0.05, 0) is 42.0 Å². The number of hydrogen-bond acceptors (Lipinski definition) is 3. The summed E-state index contributed by atoms with van der Waals surface area (Å²) in [4.78, 5) is 20.3. The fourth-order valence-electron chi connectivity index (χ4n) is 3.46. The number of amides is 1. The highest BCUT2D eigenvalue weighted by Crippen LogP contribution is 2.33. The molecule has 0 N–H and O–H groups in total. The molecule has 2 heterocycles. The molecule has 0 radical (unpaired) electrons. The van der Waals surface area contributed by atoms with Gasteiger partial charge in [0.1, 0.15) is 5.82 Å². The largest absolute Gasteiger partial charge is 0.378 e. The monoisotopic (exact) mass is 436 g/mol. The zero-order chi connectivity index (χ0) is 22.3. The van der Waals surface area contributed by atoms with Crippen LogP contribution in [0, 0.1) is 5.82 Å². The van der Waals surface area contributed by atoms with Crippen molar-refractivity contribution in [1.29, 1.82) is 0 Å². The lowest BCUT2D eigenvalue weighted by molar-refractivity contribution is -0.116. The number of anilines is 2. The minimum atomic E-state index is -0.474. The van der Waals surface area contributed by atoms with Crippen molar-refractivity contribution in [2.24, 2.45) is 0 Å². The minimum Gasteiger partial charge on any atom is -0.378 e. The van der Waals surface area contributed by atoms with Gasteiger partial charge in [-0.2, -0.15) is 0 Å². The lowest BCUT2D eigenvalue weighted by Gasteiger charge is -2.18. The van der Waals surface area contributed by atoms with E-state index in [2.05, 4.69) is 4.98 Å². The molecule has 158 valence electrons. The van der Waals surface area contributed by atoms with E-state index in [1.165, 1.54) is 13.0 Å². The number of fused-ring (bicyclic) bond motifs is 1. The number of halogens is 2. The predicted molar refractivity (Wildman–Crippen MR) is 124 cm³/mol. The average Bonchev–Trinajstić information content (AvgIpc) is 3.18. The average molecular weight is 437 g/mol. The van der Waals surface area contributed by atoms with Crippen molar-refractivity contribution in [2.45, 2.75) is 6.92 Å². The Labute approximate surface area is 185 Å². The van der Waals surface area contributed by atoms with Gasteiger partial charge in [0, 0.05) is 51.1 Å². The molecule has 0 bridgehead atoms. The summed E-state index contributed by atoms with van der Waals surface area (Å²) >= 11 is 6.01. The third-order valence-electron chi connectivity index (χ3n) is 5.35. The lowest BCUT2D eigenvalue weighted by atomic mass is 10.1. The van der Waals surface area contributed by atoms with Crippen molar-refractivity contribution in [3.05, 3.63) is 71.8 Å². The molecule has 0 saturated heterocycles. The number of pyridine rings is 1. The summed E-state index contributed by atoms with van der Waals surface area (Å²) in [6.07, 6.45) is 3.67. The number of carbonyl (C=O) groups is 1. The number of rotatable bonds is 4. The second-order valence-electron chi connectivity index (χ2n) is 7.60. The van der Waals surface area contributed by atoms with Crippen LogP contribution in [-0.4, -0.2) is 36.4 Å². The van der Waals surface area contributed by atoms with Crippen molar-refractivity contribution in [3.8, 4) is 22.4 Å². The van der Waals surface area contributed by atoms with E-state index in [0.717, 1.165) is 28.1 Å². The highest BCUT2D eigenvalue weighted by molar-refractivity contribution is 6.31. The summed E-state index contributed by atoms with van der Waals surface area (Å²) in [5, 5.41) is 0.0453. The third-order valence-corrected chi connectivity index (χ3v) is 5.64. The highest BCUT2D eigenvalue weighted by Gasteiger charge is 2.17. The molecule has 31 heavy (non-hydrogen) atoms. The maximum atomic E-state index is 13.7. The normalized spacial score (nSPS) is 11.0. The third kappa shape index (κ3) is 3.86. The quantitative estimate of drug-likeness (QED) is 0.423. The van der Waals surface area contributed by atoms with Crippen molar-refractivity contribution >= 4 is 34.5 Å². The smallest absolute Gasteiger partial charge is 0.223 e. The summed E-state index contributed by atoms with van der Waals surface area (Å²) in [6.45, 7) is 1.51. The molecule has 0 aliphatic carbocycles. The summed E-state index contributed by atoms with van der Waals surface area (Å²) in [7, 11) is 5.71. The van der Waals surface area contributed by atoms with Crippen molar-refractivity contribution in [3.63, 3.8) is 0 Å². The van der Waals surface area contributed by atoms with E-state index in [9.17, 15) is 9.18 Å². The lowest BCUT2D eigenvalue weighted by Crippen LogP contribution is -2.23. The molecule has 0 aliphatic heterocycles. The number of aromatic nitrogens is 2. The Morgan fingerprint density at radius 1 is 1.00 bits per heavy atom. The summed E-state index contributed by atoms with van der Waals surface area (Å²) in [5.41, 5.74) is 5.81. The fraction of sp³-hybridized carbons (Fsp3) is 0.167. The molecular formula is C24H22ClFN4O. The van der Waals surface area contributed by atoms with E-state index in [-0.39, 0.29) is 10.9 Å². The molecule has 2 aromatic heterocycles. The first-order valence-electron chi connectivity index (χ1n) is 9.75. The van der Waals surface area contributed by atoms with Gasteiger partial charge in [0.05, 0.1) is 22.6 Å². The van der Waals surface area contributed by atoms with Gasteiger partial charge in [-0.3, -0.25) is 9.20 Å². The molecule has 0 spiro atoms. The van der Waals surface area contributed by atoms with Gasteiger partial charge in [0.25, 0.3) is 0 Å². The standard InChI is InChI=1S/C24H22ClFN4O/c1-15(31)29(4)22-12-18(16-5-8-19(9-6-16)28(2)3)14-30-23(13-27-24(22)30)17-7-10-21(26)20(25)11-17/h5-14H,1-4H3. The Morgan fingerprint density at radius 3 is 2.29 bits per heavy atom. The van der Waals surface area contributed by atoms with Crippen molar-refractivity contribution in [1.82, 2.24) is 9.38 Å². The molecule has 7 heteroatoms. The first-order chi connectivity index (χ1) is 14.8. The van der Waals surface area contributed by atoms with Crippen molar-refractivity contribution < 1.29 is 9.18 Å². The van der Waals surface area contributed by atoms with E-state index < -0.39 is 5.82 Å². The number of carbonyl (C=O) groups excluding carboxylic acids is 1. The first-order valence-corrected chi connectivity index (χ1v) is 10.1. The van der Waals surface area contributed by atoms with E-state index in [1.54, 1.807) is 30.3 Å². The molecule has 0 atom stereocenters. The van der Waals surface area contributed by atoms with Gasteiger partial charge in [-0.1, -0.05) is 23.7 Å².